The van der Waals surface area contributed by atoms with Crippen molar-refractivity contribution >= 4 is 39.2 Å². The van der Waals surface area contributed by atoms with E-state index in [-0.39, 0.29) is 12.2 Å². The van der Waals surface area contributed by atoms with E-state index in [1.807, 2.05) is 0 Å². The van der Waals surface area contributed by atoms with Crippen LogP contribution in [0.4, 0.5) is 0 Å². The number of alkyl halides is 1. The van der Waals surface area contributed by atoms with E-state index < -0.39 is 28.8 Å². The van der Waals surface area contributed by atoms with Gasteiger partial charge >= 0.3 is 5.97 Å². The van der Waals surface area contributed by atoms with Crippen molar-refractivity contribution in [3.63, 3.8) is 0 Å². The summed E-state index contributed by atoms with van der Waals surface area (Å²) in [7, 11) is 1.15. The third kappa shape index (κ3) is 5.41. The Morgan fingerprint density at radius 3 is 2.00 bits per heavy atom. The van der Waals surface area contributed by atoms with Crippen LogP contribution in [0.5, 0.6) is 0 Å². The van der Waals surface area contributed by atoms with Crippen LogP contribution in [0.3, 0.4) is 0 Å². The van der Waals surface area contributed by atoms with Gasteiger partial charge in [0.05, 0.1) is 13.5 Å². The van der Waals surface area contributed by atoms with Crippen LogP contribution in [0.1, 0.15) is 19.8 Å². The average molecular weight is 279 g/mol. The van der Waals surface area contributed by atoms with Crippen LogP contribution in [0, 0.1) is 0 Å². The number of esters is 1. The number of ether oxygens (including phenoxy) is 1. The average Bonchev–Trinajstić information content (AvgIpc) is 2.15. The van der Waals surface area contributed by atoms with Gasteiger partial charge in [-0.15, -0.1) is 0 Å². The summed E-state index contributed by atoms with van der Waals surface area (Å²) in [5, 5.41) is 0. The third-order valence-corrected chi connectivity index (χ3v) is 2.56. The highest BCUT2D eigenvalue weighted by molar-refractivity contribution is 9.10. The predicted octanol–water partition coefficient (Wildman–Crippen LogP) is 0.430. The molecule has 0 N–H and O–H groups in total. The zero-order chi connectivity index (χ0) is 12.0. The monoisotopic (exact) mass is 278 g/mol. The molecule has 0 aromatic heterocycles. The molecule has 0 rings (SSSR count). The molecule has 15 heavy (non-hydrogen) atoms. The van der Waals surface area contributed by atoms with Gasteiger partial charge in [0.2, 0.25) is 0 Å². The van der Waals surface area contributed by atoms with Crippen molar-refractivity contribution in [2.75, 3.05) is 7.11 Å². The fraction of sp³-hybridized carbons (Fsp3) is 0.556. The van der Waals surface area contributed by atoms with Gasteiger partial charge in [0.15, 0.2) is 11.6 Å². The van der Waals surface area contributed by atoms with Gasteiger partial charge in [0.25, 0.3) is 0 Å². The highest BCUT2D eigenvalue weighted by Crippen LogP contribution is 2.08. The summed E-state index contributed by atoms with van der Waals surface area (Å²) in [5.41, 5.74) is 0. The summed E-state index contributed by atoms with van der Waals surface area (Å²) in [6.45, 7) is 1.25. The van der Waals surface area contributed by atoms with E-state index in [0.29, 0.717) is 0 Å². The summed E-state index contributed by atoms with van der Waals surface area (Å²) in [4.78, 5) is 42.7. The first kappa shape index (κ1) is 14.0. The van der Waals surface area contributed by atoms with Crippen molar-refractivity contribution in [1.82, 2.24) is 0 Å². The van der Waals surface area contributed by atoms with Gasteiger partial charge < -0.3 is 4.74 Å². The highest BCUT2D eigenvalue weighted by Gasteiger charge is 2.25. The number of hydrogen-bond acceptors (Lipinski definition) is 5. The molecule has 0 saturated carbocycles. The molecule has 84 valence electrons. The van der Waals surface area contributed by atoms with Crippen LogP contribution in [-0.4, -0.2) is 35.3 Å². The quantitative estimate of drug-likeness (QED) is 0.400. The molecule has 0 aromatic carbocycles. The maximum Gasteiger partial charge on any atom is 0.313 e. The smallest absolute Gasteiger partial charge is 0.313 e. The van der Waals surface area contributed by atoms with E-state index in [1.54, 1.807) is 0 Å². The Morgan fingerprint density at radius 2 is 1.60 bits per heavy atom. The zero-order valence-electron chi connectivity index (χ0n) is 8.41. The Balaban J connectivity index is 4.25. The van der Waals surface area contributed by atoms with Crippen LogP contribution in [0.15, 0.2) is 0 Å². The Hall–Kier alpha value is -1.04. The molecule has 5 nitrogen and oxygen atoms in total. The van der Waals surface area contributed by atoms with Crippen LogP contribution in [0.2, 0.25) is 0 Å². The normalized spacial score (nSPS) is 11.7. The Bertz CT molecular complexity index is 297. The van der Waals surface area contributed by atoms with Gasteiger partial charge in [0, 0.05) is 0 Å². The van der Waals surface area contributed by atoms with E-state index in [0.717, 1.165) is 7.11 Å². The molecule has 0 heterocycles. The lowest BCUT2D eigenvalue weighted by atomic mass is 10.1. The second-order valence-electron chi connectivity index (χ2n) is 2.93. The summed E-state index contributed by atoms with van der Waals surface area (Å²) < 4.78 is 4.27. The van der Waals surface area contributed by atoms with E-state index in [9.17, 15) is 19.2 Å². The van der Waals surface area contributed by atoms with Crippen molar-refractivity contribution < 1.29 is 23.9 Å². The standard InChI is InChI=1S/C9H11BrO5/c1-5(11)3-6(12)9(10)7(13)4-8(14)15-2/h9H,3-4H2,1-2H3. The van der Waals surface area contributed by atoms with Gasteiger partial charge in [-0.1, -0.05) is 15.9 Å². The fourth-order valence-corrected chi connectivity index (χ4v) is 1.14. The SMILES string of the molecule is COC(=O)CC(=O)C(Br)C(=O)CC(C)=O. The topological polar surface area (TPSA) is 77.5 Å². The molecule has 0 bridgehead atoms. The molecule has 0 aromatic rings. The molecular weight excluding hydrogens is 268 g/mol. The maximum absolute atomic E-state index is 11.3. The van der Waals surface area contributed by atoms with Gasteiger partial charge in [0.1, 0.15) is 17.0 Å². The first-order valence-electron chi connectivity index (χ1n) is 4.14. The van der Waals surface area contributed by atoms with Crippen molar-refractivity contribution in [2.45, 2.75) is 24.6 Å². The van der Waals surface area contributed by atoms with Crippen molar-refractivity contribution in [2.24, 2.45) is 0 Å². The lowest BCUT2D eigenvalue weighted by Gasteiger charge is -2.05. The second-order valence-corrected chi connectivity index (χ2v) is 3.84. The minimum absolute atomic E-state index is 0.317. The van der Waals surface area contributed by atoms with Crippen LogP contribution in [0.25, 0.3) is 0 Å². The van der Waals surface area contributed by atoms with Crippen LogP contribution >= 0.6 is 15.9 Å². The predicted molar refractivity (Wildman–Crippen MR) is 54.7 cm³/mol. The number of rotatable bonds is 6. The molecule has 1 unspecified atom stereocenters. The number of carbonyl (C=O) groups excluding carboxylic acids is 4. The summed E-state index contributed by atoms with van der Waals surface area (Å²) >= 11 is 2.84. The van der Waals surface area contributed by atoms with Crippen LogP contribution in [-0.2, 0) is 23.9 Å². The number of methoxy groups -OCH3 is 1. The van der Waals surface area contributed by atoms with Crippen molar-refractivity contribution in [3.8, 4) is 0 Å². The zero-order valence-corrected chi connectivity index (χ0v) is 10.00. The number of hydrogen-bond donors (Lipinski definition) is 0. The lowest BCUT2D eigenvalue weighted by Crippen LogP contribution is -2.27. The summed E-state index contributed by atoms with van der Waals surface area (Å²) in [6.07, 6.45) is -0.793. The first-order valence-corrected chi connectivity index (χ1v) is 5.05. The molecule has 0 amide bonds. The van der Waals surface area contributed by atoms with Gasteiger partial charge in [-0.05, 0) is 6.92 Å². The lowest BCUT2D eigenvalue weighted by molar-refractivity contribution is -0.143. The van der Waals surface area contributed by atoms with Gasteiger partial charge in [-0.3, -0.25) is 19.2 Å². The van der Waals surface area contributed by atoms with Gasteiger partial charge in [-0.25, -0.2) is 0 Å². The maximum atomic E-state index is 11.3. The molecule has 0 aliphatic rings. The fourth-order valence-electron chi connectivity index (χ4n) is 0.819. The largest absolute Gasteiger partial charge is 0.469 e. The second kappa shape index (κ2) is 6.44. The van der Waals surface area contributed by atoms with Crippen LogP contribution < -0.4 is 0 Å². The molecular formula is C9H11BrO5. The van der Waals surface area contributed by atoms with E-state index in [4.69, 9.17) is 0 Å². The minimum Gasteiger partial charge on any atom is -0.469 e. The first-order chi connectivity index (χ1) is 6.88. The Morgan fingerprint density at radius 1 is 1.13 bits per heavy atom. The Kier molecular flexibility index (Phi) is 6.00. The molecule has 0 aliphatic carbocycles. The highest BCUT2D eigenvalue weighted by atomic mass is 79.9. The number of halogens is 1. The molecule has 1 atom stereocenters. The molecule has 0 aliphatic heterocycles. The summed E-state index contributed by atoms with van der Waals surface area (Å²) in [5.74, 6) is -2.18. The number of ketones is 3. The van der Waals surface area contributed by atoms with Gasteiger partial charge in [-0.2, -0.15) is 0 Å². The summed E-state index contributed by atoms with van der Waals surface area (Å²) in [6, 6.07) is 0. The molecule has 0 saturated heterocycles. The number of carbonyl (C=O) groups is 4. The third-order valence-electron chi connectivity index (χ3n) is 1.53. The molecule has 0 radical (unpaired) electrons. The molecule has 6 heteroatoms. The van der Waals surface area contributed by atoms with Crippen molar-refractivity contribution in [3.05, 3.63) is 0 Å². The van der Waals surface area contributed by atoms with E-state index >= 15 is 0 Å². The van der Waals surface area contributed by atoms with E-state index in [1.165, 1.54) is 6.92 Å². The molecule has 0 spiro atoms. The van der Waals surface area contributed by atoms with E-state index in [2.05, 4.69) is 20.7 Å². The minimum atomic E-state index is -1.11. The molecule has 0 fully saturated rings. The number of Topliss-reactive ketones (excluding diaryl/α,β-unsaturated/α-hetero) is 3. The van der Waals surface area contributed by atoms with Crippen molar-refractivity contribution in [1.29, 1.82) is 0 Å². The Labute approximate surface area is 95.3 Å².